The van der Waals surface area contributed by atoms with Gasteiger partial charge in [-0.2, -0.15) is 0 Å². The lowest BCUT2D eigenvalue weighted by atomic mass is 9.61. The van der Waals surface area contributed by atoms with Crippen LogP contribution in [-0.4, -0.2) is 34.5 Å². The standard InChI is InChI=1S/C68H43N7/c1-5-18-43(19-6-1)63-69-64(44-20-7-2-8-21-44)72-67(71-63)47-36-38-54-57(40-47)60-52-27-13-14-28-53(52)61(54)58-41-48(37-39-55(58)60)68-73-65(45-22-9-3-10-23-45)70-66(74-68)46-34-32-42(33-35-46)50-29-17-30-56-51-26-15-16-31-59(51)75(62(50)56)49-24-11-4-12-25-49/h1-41,60-61H. The highest BCUT2D eigenvalue weighted by atomic mass is 15.0. The molecule has 7 nitrogen and oxygen atoms in total. The Hall–Kier alpha value is -9.98. The van der Waals surface area contributed by atoms with Gasteiger partial charge < -0.3 is 4.57 Å². The van der Waals surface area contributed by atoms with Crippen molar-refractivity contribution in [1.82, 2.24) is 34.5 Å². The highest BCUT2D eigenvalue weighted by Gasteiger charge is 2.41. The lowest BCUT2D eigenvalue weighted by molar-refractivity contribution is 0.754. The monoisotopic (exact) mass is 957 g/mol. The van der Waals surface area contributed by atoms with Gasteiger partial charge in [0.05, 0.1) is 11.0 Å². The van der Waals surface area contributed by atoms with Gasteiger partial charge in [-0.05, 0) is 69.3 Å². The molecule has 0 fully saturated rings. The molecule has 0 radical (unpaired) electrons. The molecule has 3 heterocycles. The van der Waals surface area contributed by atoms with Crippen molar-refractivity contribution in [3.63, 3.8) is 0 Å². The highest BCUT2D eigenvalue weighted by molar-refractivity contribution is 6.13. The van der Waals surface area contributed by atoms with Crippen LogP contribution in [0.5, 0.6) is 0 Å². The lowest BCUT2D eigenvalue weighted by Crippen LogP contribution is -2.27. The van der Waals surface area contributed by atoms with Crippen LogP contribution in [0.1, 0.15) is 45.2 Å². The van der Waals surface area contributed by atoms with Crippen LogP contribution < -0.4 is 0 Å². The molecule has 0 aliphatic heterocycles. The van der Waals surface area contributed by atoms with Gasteiger partial charge >= 0.3 is 0 Å². The topological polar surface area (TPSA) is 82.3 Å². The first-order valence-corrected chi connectivity index (χ1v) is 25.4. The van der Waals surface area contributed by atoms with E-state index in [0.717, 1.165) is 50.2 Å². The van der Waals surface area contributed by atoms with Crippen LogP contribution in [0.3, 0.4) is 0 Å². The molecule has 16 rings (SSSR count). The molecule has 0 saturated heterocycles. The van der Waals surface area contributed by atoms with E-state index in [1.807, 2.05) is 54.6 Å². The van der Waals surface area contributed by atoms with Crippen molar-refractivity contribution in [3.05, 3.63) is 282 Å². The van der Waals surface area contributed by atoms with Crippen molar-refractivity contribution < 1.29 is 0 Å². The predicted molar refractivity (Wildman–Crippen MR) is 300 cm³/mol. The second kappa shape index (κ2) is 17.4. The van der Waals surface area contributed by atoms with Crippen LogP contribution in [0.15, 0.2) is 249 Å². The fourth-order valence-electron chi connectivity index (χ4n) is 11.7. The number of benzene rings is 10. The van der Waals surface area contributed by atoms with Gasteiger partial charge in [-0.3, -0.25) is 0 Å². The second-order valence-electron chi connectivity index (χ2n) is 19.4. The normalized spacial score (nSPS) is 14.1. The molecule has 0 saturated carbocycles. The van der Waals surface area contributed by atoms with Crippen molar-refractivity contribution in [1.29, 1.82) is 0 Å². The molecule has 350 valence electrons. The summed E-state index contributed by atoms with van der Waals surface area (Å²) in [6.07, 6.45) is 0. The van der Waals surface area contributed by atoms with Crippen molar-refractivity contribution >= 4 is 21.8 Å². The highest BCUT2D eigenvalue weighted by Crippen LogP contribution is 2.56. The number of hydrogen-bond acceptors (Lipinski definition) is 6. The van der Waals surface area contributed by atoms with E-state index in [1.54, 1.807) is 0 Å². The third-order valence-corrected chi connectivity index (χ3v) is 15.1. The fourth-order valence-corrected chi connectivity index (χ4v) is 11.7. The van der Waals surface area contributed by atoms with Gasteiger partial charge in [0.1, 0.15) is 0 Å². The number of fused-ring (bicyclic) bond motifs is 3. The van der Waals surface area contributed by atoms with Crippen LogP contribution in [-0.2, 0) is 0 Å². The Bertz CT molecular complexity index is 4290. The number of rotatable bonds is 8. The predicted octanol–water partition coefficient (Wildman–Crippen LogP) is 15.8. The van der Waals surface area contributed by atoms with Gasteiger partial charge in [-0.1, -0.05) is 218 Å². The van der Waals surface area contributed by atoms with Crippen molar-refractivity contribution in [2.75, 3.05) is 0 Å². The molecule has 10 aromatic carbocycles. The fraction of sp³-hybridized carbons (Fsp3) is 0.0294. The summed E-state index contributed by atoms with van der Waals surface area (Å²) in [5.41, 5.74) is 19.2. The van der Waals surface area contributed by atoms with Gasteiger partial charge in [-0.15, -0.1) is 0 Å². The maximum atomic E-state index is 5.29. The number of nitrogens with zero attached hydrogens (tertiary/aromatic N) is 7. The quantitative estimate of drug-likeness (QED) is 0.151. The van der Waals surface area contributed by atoms with Crippen LogP contribution >= 0.6 is 0 Å². The number of aromatic nitrogens is 7. The molecule has 2 unspecified atom stereocenters. The van der Waals surface area contributed by atoms with Crippen molar-refractivity contribution in [2.45, 2.75) is 11.8 Å². The minimum Gasteiger partial charge on any atom is -0.309 e. The molecule has 3 aliphatic carbocycles. The molecule has 3 aromatic heterocycles. The SMILES string of the molecule is c1ccc(-c2nc(-c3ccccc3)nc(-c3ccc4c(c3)C3c5ccccc5C4c4cc(-c5nc(-c6ccccc6)nc(-c6ccc(-c7cccc8c9ccccc9n(-c9ccccc9)c78)cc6)n5)ccc43)n2)cc1. The third kappa shape index (κ3) is 7.12. The van der Waals surface area contributed by atoms with E-state index in [4.69, 9.17) is 29.9 Å². The first-order valence-electron chi connectivity index (χ1n) is 25.4. The Morgan fingerprint density at radius 3 is 1.11 bits per heavy atom. The number of para-hydroxylation sites is 3. The zero-order valence-electron chi connectivity index (χ0n) is 40.5. The van der Waals surface area contributed by atoms with Gasteiger partial charge in [-0.25, -0.2) is 29.9 Å². The Morgan fingerprint density at radius 2 is 0.613 bits per heavy atom. The van der Waals surface area contributed by atoms with Gasteiger partial charge in [0.15, 0.2) is 34.9 Å². The molecule has 0 amide bonds. The van der Waals surface area contributed by atoms with E-state index < -0.39 is 0 Å². The Labute approximate surface area is 433 Å². The minimum atomic E-state index is 0.0100. The number of hydrogen-bond donors (Lipinski definition) is 0. The van der Waals surface area contributed by atoms with Crippen LogP contribution in [0.2, 0.25) is 0 Å². The Kier molecular flexibility index (Phi) is 9.88. The maximum Gasteiger partial charge on any atom is 0.164 e. The first kappa shape index (κ1) is 42.7. The van der Waals surface area contributed by atoms with E-state index in [1.165, 1.54) is 55.2 Å². The van der Waals surface area contributed by atoms with E-state index in [9.17, 15) is 0 Å². The first-order chi connectivity index (χ1) is 37.2. The third-order valence-electron chi connectivity index (χ3n) is 15.1. The van der Waals surface area contributed by atoms with Crippen LogP contribution in [0, 0.1) is 0 Å². The zero-order chi connectivity index (χ0) is 49.4. The largest absolute Gasteiger partial charge is 0.309 e. The van der Waals surface area contributed by atoms with Gasteiger partial charge in [0.2, 0.25) is 0 Å². The van der Waals surface area contributed by atoms with E-state index in [-0.39, 0.29) is 11.8 Å². The summed E-state index contributed by atoms with van der Waals surface area (Å²) in [6, 6.07) is 87.6. The molecular formula is C68H43N7. The lowest BCUT2D eigenvalue weighted by Gasteiger charge is -2.42. The molecule has 75 heavy (non-hydrogen) atoms. The van der Waals surface area contributed by atoms with E-state index in [2.05, 4.69) is 199 Å². The molecule has 0 spiro atoms. The van der Waals surface area contributed by atoms with Crippen molar-refractivity contribution in [2.24, 2.45) is 0 Å². The van der Waals surface area contributed by atoms with Crippen LogP contribution in [0.25, 0.3) is 107 Å². The van der Waals surface area contributed by atoms with E-state index in [0.29, 0.717) is 34.9 Å². The second-order valence-corrected chi connectivity index (χ2v) is 19.4. The Balaban J connectivity index is 0.827. The van der Waals surface area contributed by atoms with Crippen LogP contribution in [0.4, 0.5) is 0 Å². The zero-order valence-corrected chi connectivity index (χ0v) is 40.5. The van der Waals surface area contributed by atoms with Gasteiger partial charge in [0.25, 0.3) is 0 Å². The molecule has 2 bridgehead atoms. The molecule has 0 N–H and O–H groups in total. The summed E-state index contributed by atoms with van der Waals surface area (Å²) in [5, 5.41) is 2.45. The van der Waals surface area contributed by atoms with Gasteiger partial charge in [0, 0.05) is 67.2 Å². The summed E-state index contributed by atoms with van der Waals surface area (Å²) in [6.45, 7) is 0. The molecule has 13 aromatic rings. The summed E-state index contributed by atoms with van der Waals surface area (Å²) >= 11 is 0. The summed E-state index contributed by atoms with van der Waals surface area (Å²) < 4.78 is 2.39. The molecular weight excluding hydrogens is 915 g/mol. The molecule has 7 heteroatoms. The smallest absolute Gasteiger partial charge is 0.164 e. The molecule has 2 atom stereocenters. The van der Waals surface area contributed by atoms with Crippen molar-refractivity contribution in [3.8, 4) is 85.1 Å². The average molecular weight is 958 g/mol. The van der Waals surface area contributed by atoms with E-state index >= 15 is 0 Å². The minimum absolute atomic E-state index is 0.0100. The average Bonchev–Trinajstić information content (AvgIpc) is 3.90. The maximum absolute atomic E-state index is 5.29. The summed E-state index contributed by atoms with van der Waals surface area (Å²) in [4.78, 5) is 30.9. The summed E-state index contributed by atoms with van der Waals surface area (Å²) in [5.74, 6) is 3.84. The Morgan fingerprint density at radius 1 is 0.253 bits per heavy atom. The molecule has 3 aliphatic rings. The summed E-state index contributed by atoms with van der Waals surface area (Å²) in [7, 11) is 0.